The first-order chi connectivity index (χ1) is 13.7. The van der Waals surface area contributed by atoms with Crippen LogP contribution in [0.15, 0.2) is 60.1 Å². The van der Waals surface area contributed by atoms with Crippen LogP contribution in [0.4, 0.5) is 9.18 Å². The van der Waals surface area contributed by atoms with Crippen LogP contribution in [0.5, 0.6) is 0 Å². The number of fused-ring (bicyclic) bond motifs is 1. The lowest BCUT2D eigenvalue weighted by molar-refractivity contribution is 0.0544. The molecule has 0 unspecified atom stereocenters. The first kappa shape index (κ1) is 19.4. The maximum absolute atomic E-state index is 13.3. The Bertz CT molecular complexity index is 1200. The van der Waals surface area contributed by atoms with Gasteiger partial charge in [0.15, 0.2) is 0 Å². The van der Waals surface area contributed by atoms with Crippen molar-refractivity contribution < 1.29 is 13.9 Å². The zero-order valence-corrected chi connectivity index (χ0v) is 17.6. The Kier molecular flexibility index (Phi) is 4.79. The number of aryl methyl sites for hydroxylation is 1. The quantitative estimate of drug-likeness (QED) is 0.350. The van der Waals surface area contributed by atoms with Gasteiger partial charge in [-0.25, -0.2) is 9.18 Å². The molecule has 0 aliphatic heterocycles. The second-order valence-electron chi connectivity index (χ2n) is 8.12. The van der Waals surface area contributed by atoms with Crippen LogP contribution >= 0.6 is 11.3 Å². The highest BCUT2D eigenvalue weighted by Gasteiger charge is 2.22. The standard InChI is InChI=1S/C24H22FNO2S/c1-15-11-22(29-14-15)20-13-26(23(27)28-24(2,3)4)21-12-17(7-10-19(20)21)16-5-8-18(25)9-6-16/h5-14H,1-4H3. The first-order valence-electron chi connectivity index (χ1n) is 9.41. The van der Waals surface area contributed by atoms with Crippen molar-refractivity contribution in [1.82, 2.24) is 4.57 Å². The van der Waals surface area contributed by atoms with E-state index in [4.69, 9.17) is 4.74 Å². The molecule has 0 atom stereocenters. The summed E-state index contributed by atoms with van der Waals surface area (Å²) in [6.45, 7) is 7.61. The van der Waals surface area contributed by atoms with Gasteiger partial charge in [-0.15, -0.1) is 11.3 Å². The topological polar surface area (TPSA) is 31.2 Å². The highest BCUT2D eigenvalue weighted by molar-refractivity contribution is 7.13. The van der Waals surface area contributed by atoms with Gasteiger partial charge in [0.2, 0.25) is 0 Å². The van der Waals surface area contributed by atoms with E-state index in [0.717, 1.165) is 32.5 Å². The number of carbonyl (C=O) groups is 1. The SMILES string of the molecule is Cc1csc(-c2cn(C(=O)OC(C)(C)C)c3cc(-c4ccc(F)cc4)ccc23)c1. The molecule has 4 aromatic rings. The van der Waals surface area contributed by atoms with Gasteiger partial charge in [-0.3, -0.25) is 4.57 Å². The number of hydrogen-bond acceptors (Lipinski definition) is 3. The molecule has 3 nitrogen and oxygen atoms in total. The largest absolute Gasteiger partial charge is 0.443 e. The molecule has 0 saturated carbocycles. The van der Waals surface area contributed by atoms with E-state index in [1.807, 2.05) is 45.2 Å². The first-order valence-corrected chi connectivity index (χ1v) is 10.3. The second kappa shape index (κ2) is 7.16. The number of benzene rings is 2. The van der Waals surface area contributed by atoms with Crippen LogP contribution in [0.3, 0.4) is 0 Å². The molecule has 0 N–H and O–H groups in total. The van der Waals surface area contributed by atoms with Crippen LogP contribution in [-0.4, -0.2) is 16.3 Å². The van der Waals surface area contributed by atoms with Crippen LogP contribution in [0.1, 0.15) is 26.3 Å². The maximum Gasteiger partial charge on any atom is 0.419 e. The van der Waals surface area contributed by atoms with E-state index in [9.17, 15) is 9.18 Å². The lowest BCUT2D eigenvalue weighted by Gasteiger charge is -2.19. The Balaban J connectivity index is 1.90. The fourth-order valence-electron chi connectivity index (χ4n) is 3.28. The molecule has 0 aliphatic rings. The average molecular weight is 408 g/mol. The van der Waals surface area contributed by atoms with Gasteiger partial charge >= 0.3 is 6.09 Å². The summed E-state index contributed by atoms with van der Waals surface area (Å²) in [5.41, 5.74) is 4.15. The number of thiophene rings is 1. The Morgan fingerprint density at radius 2 is 1.72 bits per heavy atom. The Hall–Kier alpha value is -2.92. The van der Waals surface area contributed by atoms with E-state index in [-0.39, 0.29) is 5.82 Å². The minimum atomic E-state index is -0.595. The molecule has 5 heteroatoms. The van der Waals surface area contributed by atoms with Crippen LogP contribution in [-0.2, 0) is 4.74 Å². The predicted molar refractivity (Wildman–Crippen MR) is 117 cm³/mol. The van der Waals surface area contributed by atoms with Gasteiger partial charge in [-0.05, 0) is 74.0 Å². The van der Waals surface area contributed by atoms with Crippen molar-refractivity contribution in [2.24, 2.45) is 0 Å². The second-order valence-corrected chi connectivity index (χ2v) is 9.03. The van der Waals surface area contributed by atoms with Crippen LogP contribution in [0.25, 0.3) is 32.5 Å². The van der Waals surface area contributed by atoms with Crippen molar-refractivity contribution in [2.75, 3.05) is 0 Å². The highest BCUT2D eigenvalue weighted by Crippen LogP contribution is 2.37. The molecule has 0 radical (unpaired) electrons. The number of rotatable bonds is 2. The van der Waals surface area contributed by atoms with Crippen LogP contribution in [0.2, 0.25) is 0 Å². The lowest BCUT2D eigenvalue weighted by Crippen LogP contribution is -2.26. The Morgan fingerprint density at radius 3 is 2.34 bits per heavy atom. The summed E-state index contributed by atoms with van der Waals surface area (Å²) in [6, 6.07) is 14.4. The van der Waals surface area contributed by atoms with E-state index in [0.29, 0.717) is 0 Å². The Morgan fingerprint density at radius 1 is 1.03 bits per heavy atom. The summed E-state index contributed by atoms with van der Waals surface area (Å²) in [6.07, 6.45) is 1.43. The average Bonchev–Trinajstić information content (AvgIpc) is 3.24. The molecule has 2 heterocycles. The third-order valence-corrected chi connectivity index (χ3v) is 5.65. The van der Waals surface area contributed by atoms with E-state index in [1.165, 1.54) is 17.7 Å². The maximum atomic E-state index is 13.3. The summed E-state index contributed by atoms with van der Waals surface area (Å²) < 4.78 is 20.5. The van der Waals surface area contributed by atoms with Gasteiger partial charge in [-0.2, -0.15) is 0 Å². The molecular formula is C24H22FNO2S. The van der Waals surface area contributed by atoms with Gasteiger partial charge in [0.25, 0.3) is 0 Å². The molecular weight excluding hydrogens is 385 g/mol. The molecule has 0 bridgehead atoms. The molecule has 0 saturated heterocycles. The van der Waals surface area contributed by atoms with E-state index >= 15 is 0 Å². The van der Waals surface area contributed by atoms with Gasteiger partial charge in [0, 0.05) is 22.0 Å². The van der Waals surface area contributed by atoms with Gasteiger partial charge in [-0.1, -0.05) is 24.3 Å². The molecule has 29 heavy (non-hydrogen) atoms. The summed E-state index contributed by atoms with van der Waals surface area (Å²) in [5.74, 6) is -0.276. The van der Waals surface area contributed by atoms with Crippen LogP contribution < -0.4 is 0 Å². The minimum Gasteiger partial charge on any atom is -0.443 e. The summed E-state index contributed by atoms with van der Waals surface area (Å²) in [7, 11) is 0. The normalized spacial score (nSPS) is 11.8. The van der Waals surface area contributed by atoms with Crippen molar-refractivity contribution in [2.45, 2.75) is 33.3 Å². The zero-order valence-electron chi connectivity index (χ0n) is 16.8. The monoisotopic (exact) mass is 407 g/mol. The number of aromatic nitrogens is 1. The van der Waals surface area contributed by atoms with Gasteiger partial charge < -0.3 is 4.74 Å². The molecule has 0 aliphatic carbocycles. The van der Waals surface area contributed by atoms with Crippen LogP contribution in [0, 0.1) is 12.7 Å². The molecule has 148 valence electrons. The van der Waals surface area contributed by atoms with Crippen molar-refractivity contribution in [1.29, 1.82) is 0 Å². The Labute approximate surface area is 173 Å². The number of nitrogens with zero attached hydrogens (tertiary/aromatic N) is 1. The summed E-state index contributed by atoms with van der Waals surface area (Å²) in [4.78, 5) is 14.0. The van der Waals surface area contributed by atoms with Crippen molar-refractivity contribution in [3.8, 4) is 21.6 Å². The fraction of sp³-hybridized carbons (Fsp3) is 0.208. The molecule has 0 spiro atoms. The smallest absolute Gasteiger partial charge is 0.419 e. The number of ether oxygens (including phenoxy) is 1. The number of hydrogen-bond donors (Lipinski definition) is 0. The van der Waals surface area contributed by atoms with Gasteiger partial charge in [0.1, 0.15) is 11.4 Å². The number of halogens is 1. The molecule has 2 aromatic carbocycles. The minimum absolute atomic E-state index is 0.276. The van der Waals surface area contributed by atoms with E-state index in [1.54, 1.807) is 28.0 Å². The molecule has 0 fully saturated rings. The van der Waals surface area contributed by atoms with E-state index in [2.05, 4.69) is 18.4 Å². The fourth-order valence-corrected chi connectivity index (χ4v) is 4.20. The summed E-state index contributed by atoms with van der Waals surface area (Å²) in [5, 5.41) is 3.07. The van der Waals surface area contributed by atoms with Crippen molar-refractivity contribution in [3.05, 3.63) is 71.5 Å². The molecule has 4 rings (SSSR count). The summed E-state index contributed by atoms with van der Waals surface area (Å²) >= 11 is 1.65. The lowest BCUT2D eigenvalue weighted by atomic mass is 10.0. The number of carbonyl (C=O) groups excluding carboxylic acids is 1. The van der Waals surface area contributed by atoms with Crippen molar-refractivity contribution >= 4 is 28.3 Å². The predicted octanol–water partition coefficient (Wildman–Crippen LogP) is 7.27. The highest BCUT2D eigenvalue weighted by atomic mass is 32.1. The molecule has 2 aromatic heterocycles. The van der Waals surface area contributed by atoms with Crippen molar-refractivity contribution in [3.63, 3.8) is 0 Å². The van der Waals surface area contributed by atoms with E-state index < -0.39 is 11.7 Å². The van der Waals surface area contributed by atoms with Gasteiger partial charge in [0.05, 0.1) is 5.52 Å². The molecule has 0 amide bonds. The zero-order chi connectivity index (χ0) is 20.8. The third-order valence-electron chi connectivity index (χ3n) is 4.57. The third kappa shape index (κ3) is 3.96.